The lowest BCUT2D eigenvalue weighted by molar-refractivity contribution is -0.0932. The SMILES string of the molecule is CC(C)(C)N1CCN(CCOC2CN(C(C)(C)C)C2)CC1. The lowest BCUT2D eigenvalue weighted by atomic mass is 9.99. The van der Waals surface area contributed by atoms with Crippen LogP contribution < -0.4 is 0 Å². The Bertz CT molecular complexity index is 318. The zero-order valence-electron chi connectivity index (χ0n) is 15.0. The number of ether oxygens (including phenoxy) is 1. The van der Waals surface area contributed by atoms with Gasteiger partial charge in [0.2, 0.25) is 0 Å². The number of hydrogen-bond donors (Lipinski definition) is 0. The van der Waals surface area contributed by atoms with Gasteiger partial charge in [0.05, 0.1) is 12.7 Å². The molecule has 0 aromatic carbocycles. The van der Waals surface area contributed by atoms with Gasteiger partial charge in [-0.15, -0.1) is 0 Å². The summed E-state index contributed by atoms with van der Waals surface area (Å²) in [6.07, 6.45) is 0.458. The third kappa shape index (κ3) is 4.92. The van der Waals surface area contributed by atoms with Crippen molar-refractivity contribution >= 4 is 0 Å². The lowest BCUT2D eigenvalue weighted by Gasteiger charge is -2.47. The van der Waals surface area contributed by atoms with Crippen LogP contribution >= 0.6 is 0 Å². The molecule has 2 aliphatic heterocycles. The third-order valence-electron chi connectivity index (χ3n) is 4.88. The van der Waals surface area contributed by atoms with Gasteiger partial charge in [-0.3, -0.25) is 14.7 Å². The molecule has 0 radical (unpaired) electrons. The topological polar surface area (TPSA) is 19.0 Å². The normalized spacial score (nSPS) is 24.3. The van der Waals surface area contributed by atoms with Crippen LogP contribution in [0.15, 0.2) is 0 Å². The fourth-order valence-corrected chi connectivity index (χ4v) is 3.08. The molecule has 124 valence electrons. The van der Waals surface area contributed by atoms with Crippen molar-refractivity contribution in [3.63, 3.8) is 0 Å². The largest absolute Gasteiger partial charge is 0.374 e. The monoisotopic (exact) mass is 297 g/mol. The first-order chi connectivity index (χ1) is 9.66. The summed E-state index contributed by atoms with van der Waals surface area (Å²) in [5.41, 5.74) is 0.605. The second-order valence-corrected chi connectivity index (χ2v) is 8.57. The molecule has 4 nitrogen and oxygen atoms in total. The summed E-state index contributed by atoms with van der Waals surface area (Å²) in [6.45, 7) is 22.7. The Balaban J connectivity index is 1.56. The van der Waals surface area contributed by atoms with E-state index in [1.165, 1.54) is 26.2 Å². The van der Waals surface area contributed by atoms with Gasteiger partial charge in [0, 0.05) is 56.9 Å². The first-order valence-corrected chi connectivity index (χ1v) is 8.50. The van der Waals surface area contributed by atoms with E-state index < -0.39 is 0 Å². The Morgan fingerprint density at radius 3 is 1.81 bits per heavy atom. The minimum Gasteiger partial charge on any atom is -0.374 e. The first kappa shape index (κ1) is 17.2. The summed E-state index contributed by atoms with van der Waals surface area (Å²) >= 11 is 0. The maximum Gasteiger partial charge on any atom is 0.0829 e. The van der Waals surface area contributed by atoms with E-state index in [2.05, 4.69) is 56.2 Å². The molecule has 2 aliphatic rings. The Hall–Kier alpha value is -0.160. The van der Waals surface area contributed by atoms with Gasteiger partial charge in [0.1, 0.15) is 0 Å². The van der Waals surface area contributed by atoms with Gasteiger partial charge in [0.25, 0.3) is 0 Å². The third-order valence-corrected chi connectivity index (χ3v) is 4.88. The molecule has 0 aromatic rings. The molecular weight excluding hydrogens is 262 g/mol. The zero-order chi connectivity index (χ0) is 15.7. The summed E-state index contributed by atoms with van der Waals surface area (Å²) < 4.78 is 6.00. The van der Waals surface area contributed by atoms with E-state index in [9.17, 15) is 0 Å². The van der Waals surface area contributed by atoms with Crippen LogP contribution in [0.2, 0.25) is 0 Å². The molecule has 2 fully saturated rings. The van der Waals surface area contributed by atoms with Crippen LogP contribution in [0.4, 0.5) is 0 Å². The summed E-state index contributed by atoms with van der Waals surface area (Å²) in [5, 5.41) is 0. The second kappa shape index (κ2) is 6.53. The highest BCUT2D eigenvalue weighted by atomic mass is 16.5. The molecule has 0 bridgehead atoms. The van der Waals surface area contributed by atoms with E-state index in [0.717, 1.165) is 26.2 Å². The Kier molecular flexibility index (Phi) is 5.35. The molecule has 0 unspecified atom stereocenters. The van der Waals surface area contributed by atoms with Gasteiger partial charge >= 0.3 is 0 Å². The quantitative estimate of drug-likeness (QED) is 0.789. The minimum absolute atomic E-state index is 0.295. The summed E-state index contributed by atoms with van der Waals surface area (Å²) in [7, 11) is 0. The Labute approximate surface area is 131 Å². The van der Waals surface area contributed by atoms with Crippen LogP contribution in [0.5, 0.6) is 0 Å². The van der Waals surface area contributed by atoms with Crippen LogP contribution in [0.25, 0.3) is 0 Å². The number of hydrogen-bond acceptors (Lipinski definition) is 4. The maximum absolute atomic E-state index is 6.00. The average Bonchev–Trinajstić information content (AvgIpc) is 2.29. The van der Waals surface area contributed by atoms with Crippen LogP contribution in [-0.2, 0) is 4.74 Å². The fourth-order valence-electron chi connectivity index (χ4n) is 3.08. The van der Waals surface area contributed by atoms with Crippen molar-refractivity contribution in [1.82, 2.24) is 14.7 Å². The summed E-state index contributed by atoms with van der Waals surface area (Å²) in [4.78, 5) is 7.61. The van der Waals surface area contributed by atoms with E-state index in [-0.39, 0.29) is 0 Å². The van der Waals surface area contributed by atoms with E-state index in [1.807, 2.05) is 0 Å². The van der Waals surface area contributed by atoms with E-state index >= 15 is 0 Å². The molecule has 0 atom stereocenters. The molecule has 0 saturated carbocycles. The zero-order valence-corrected chi connectivity index (χ0v) is 15.0. The maximum atomic E-state index is 6.00. The summed E-state index contributed by atoms with van der Waals surface area (Å²) in [5.74, 6) is 0. The molecule has 0 N–H and O–H groups in total. The molecule has 0 spiro atoms. The number of nitrogens with zero attached hydrogens (tertiary/aromatic N) is 3. The van der Waals surface area contributed by atoms with Crippen molar-refractivity contribution in [3.8, 4) is 0 Å². The van der Waals surface area contributed by atoms with Crippen LogP contribution in [-0.4, -0.2) is 84.3 Å². The predicted octanol–water partition coefficient (Wildman–Crippen LogP) is 1.90. The van der Waals surface area contributed by atoms with Gasteiger partial charge in [-0.2, -0.15) is 0 Å². The molecule has 0 aliphatic carbocycles. The molecule has 0 amide bonds. The van der Waals surface area contributed by atoms with Crippen LogP contribution in [0.1, 0.15) is 41.5 Å². The van der Waals surface area contributed by atoms with Gasteiger partial charge in [-0.05, 0) is 41.5 Å². The van der Waals surface area contributed by atoms with Crippen molar-refractivity contribution in [2.45, 2.75) is 58.7 Å². The van der Waals surface area contributed by atoms with Crippen molar-refractivity contribution in [3.05, 3.63) is 0 Å². The Morgan fingerprint density at radius 2 is 1.33 bits per heavy atom. The molecule has 2 rings (SSSR count). The Morgan fingerprint density at radius 1 is 0.810 bits per heavy atom. The molecule has 0 aromatic heterocycles. The van der Waals surface area contributed by atoms with E-state index in [0.29, 0.717) is 17.2 Å². The highest BCUT2D eigenvalue weighted by Crippen LogP contribution is 2.22. The van der Waals surface area contributed by atoms with E-state index in [4.69, 9.17) is 4.74 Å². The number of rotatable bonds is 4. The van der Waals surface area contributed by atoms with Crippen LogP contribution in [0.3, 0.4) is 0 Å². The number of likely N-dealkylation sites (tertiary alicyclic amines) is 1. The molecule has 2 heterocycles. The van der Waals surface area contributed by atoms with Crippen molar-refractivity contribution in [2.24, 2.45) is 0 Å². The van der Waals surface area contributed by atoms with Crippen LogP contribution in [0, 0.1) is 0 Å². The molecule has 4 heteroatoms. The van der Waals surface area contributed by atoms with E-state index in [1.54, 1.807) is 0 Å². The highest BCUT2D eigenvalue weighted by molar-refractivity contribution is 4.89. The lowest BCUT2D eigenvalue weighted by Crippen LogP contribution is -2.60. The second-order valence-electron chi connectivity index (χ2n) is 8.57. The van der Waals surface area contributed by atoms with Gasteiger partial charge < -0.3 is 4.74 Å². The predicted molar refractivity (Wildman–Crippen MR) is 88.8 cm³/mol. The van der Waals surface area contributed by atoms with Gasteiger partial charge in [-0.1, -0.05) is 0 Å². The smallest absolute Gasteiger partial charge is 0.0829 e. The minimum atomic E-state index is 0.295. The van der Waals surface area contributed by atoms with Crippen molar-refractivity contribution < 1.29 is 4.74 Å². The fraction of sp³-hybridized carbons (Fsp3) is 1.00. The number of piperazine rings is 1. The summed E-state index contributed by atoms with van der Waals surface area (Å²) in [6, 6.07) is 0. The van der Waals surface area contributed by atoms with Crippen molar-refractivity contribution in [2.75, 3.05) is 52.4 Å². The first-order valence-electron chi connectivity index (χ1n) is 8.50. The molecule has 21 heavy (non-hydrogen) atoms. The van der Waals surface area contributed by atoms with Crippen molar-refractivity contribution in [1.29, 1.82) is 0 Å². The van der Waals surface area contributed by atoms with Gasteiger partial charge in [-0.25, -0.2) is 0 Å². The standard InChI is InChI=1S/C17H35N3O/c1-16(2,3)19-9-7-18(8-10-19)11-12-21-15-13-20(14-15)17(4,5)6/h15H,7-14H2,1-6H3. The molecular formula is C17H35N3O. The molecule has 2 saturated heterocycles. The highest BCUT2D eigenvalue weighted by Gasteiger charge is 2.34. The van der Waals surface area contributed by atoms with Gasteiger partial charge in [0.15, 0.2) is 0 Å². The average molecular weight is 297 g/mol.